The SMILES string of the molecule is NCCCOc1cnn(Cc2ccccc2Br)c(=O)c1. The summed E-state index contributed by atoms with van der Waals surface area (Å²) in [5.41, 5.74) is 6.19. The van der Waals surface area contributed by atoms with Crippen LogP contribution in [-0.2, 0) is 6.54 Å². The van der Waals surface area contributed by atoms with Gasteiger partial charge in [0.2, 0.25) is 0 Å². The standard InChI is InChI=1S/C14H16BrN3O2/c15-13-5-2-1-4-11(13)10-18-14(19)8-12(9-17-18)20-7-3-6-16/h1-2,4-5,8-9H,3,6-7,10,16H2. The van der Waals surface area contributed by atoms with Gasteiger partial charge < -0.3 is 10.5 Å². The van der Waals surface area contributed by atoms with E-state index >= 15 is 0 Å². The lowest BCUT2D eigenvalue weighted by molar-refractivity contribution is 0.309. The number of hydrogen-bond acceptors (Lipinski definition) is 4. The van der Waals surface area contributed by atoms with Gasteiger partial charge in [-0.05, 0) is 24.6 Å². The van der Waals surface area contributed by atoms with Gasteiger partial charge >= 0.3 is 0 Å². The number of rotatable bonds is 6. The molecule has 0 saturated carbocycles. The Kier molecular flexibility index (Phi) is 5.31. The second kappa shape index (κ2) is 7.21. The van der Waals surface area contributed by atoms with Gasteiger partial charge in [-0.15, -0.1) is 0 Å². The molecular weight excluding hydrogens is 322 g/mol. The van der Waals surface area contributed by atoms with Crippen LogP contribution in [0.4, 0.5) is 0 Å². The highest BCUT2D eigenvalue weighted by Crippen LogP contribution is 2.16. The molecule has 0 aliphatic carbocycles. The third-order valence-corrected chi connectivity index (χ3v) is 3.51. The maximum atomic E-state index is 12.0. The summed E-state index contributed by atoms with van der Waals surface area (Å²) in [6.45, 7) is 1.47. The molecule has 0 radical (unpaired) electrons. The first-order valence-corrected chi connectivity index (χ1v) is 7.13. The maximum Gasteiger partial charge on any atom is 0.270 e. The molecule has 6 heteroatoms. The van der Waals surface area contributed by atoms with Crippen LogP contribution in [0.25, 0.3) is 0 Å². The van der Waals surface area contributed by atoms with Gasteiger partial charge in [0, 0.05) is 10.5 Å². The van der Waals surface area contributed by atoms with Crippen molar-refractivity contribution in [2.24, 2.45) is 5.73 Å². The molecule has 0 fully saturated rings. The molecule has 106 valence electrons. The van der Waals surface area contributed by atoms with Crippen LogP contribution >= 0.6 is 15.9 Å². The van der Waals surface area contributed by atoms with E-state index in [-0.39, 0.29) is 5.56 Å². The molecule has 0 aliphatic heterocycles. The van der Waals surface area contributed by atoms with Crippen LogP contribution in [0.15, 0.2) is 45.8 Å². The van der Waals surface area contributed by atoms with Crippen molar-refractivity contribution >= 4 is 15.9 Å². The fourth-order valence-corrected chi connectivity index (χ4v) is 2.09. The summed E-state index contributed by atoms with van der Waals surface area (Å²) in [6, 6.07) is 9.18. The van der Waals surface area contributed by atoms with E-state index in [0.29, 0.717) is 25.4 Å². The molecule has 0 bridgehead atoms. The van der Waals surface area contributed by atoms with Gasteiger partial charge in [0.1, 0.15) is 5.75 Å². The van der Waals surface area contributed by atoms with Crippen molar-refractivity contribution < 1.29 is 4.74 Å². The maximum absolute atomic E-state index is 12.0. The third-order valence-electron chi connectivity index (χ3n) is 2.74. The Hall–Kier alpha value is -1.66. The van der Waals surface area contributed by atoms with E-state index in [1.807, 2.05) is 24.3 Å². The molecule has 0 saturated heterocycles. The van der Waals surface area contributed by atoms with E-state index in [1.165, 1.54) is 10.7 Å². The monoisotopic (exact) mass is 337 g/mol. The second-order valence-corrected chi connectivity index (χ2v) is 5.12. The van der Waals surface area contributed by atoms with E-state index in [4.69, 9.17) is 10.5 Å². The van der Waals surface area contributed by atoms with Crippen LogP contribution in [0.5, 0.6) is 5.75 Å². The Balaban J connectivity index is 2.10. The second-order valence-electron chi connectivity index (χ2n) is 4.27. The molecule has 2 rings (SSSR count). The van der Waals surface area contributed by atoms with Gasteiger partial charge in [-0.1, -0.05) is 34.1 Å². The van der Waals surface area contributed by atoms with Crippen LogP contribution < -0.4 is 16.0 Å². The van der Waals surface area contributed by atoms with Crippen molar-refractivity contribution in [2.45, 2.75) is 13.0 Å². The third kappa shape index (κ3) is 3.91. The van der Waals surface area contributed by atoms with E-state index in [1.54, 1.807) is 6.20 Å². The number of benzene rings is 1. The van der Waals surface area contributed by atoms with E-state index < -0.39 is 0 Å². The Labute approximate surface area is 125 Å². The Morgan fingerprint density at radius 2 is 2.15 bits per heavy atom. The van der Waals surface area contributed by atoms with Crippen molar-refractivity contribution in [1.29, 1.82) is 0 Å². The minimum absolute atomic E-state index is 0.189. The highest BCUT2D eigenvalue weighted by Gasteiger charge is 2.04. The average Bonchev–Trinajstić information content (AvgIpc) is 2.44. The first-order valence-electron chi connectivity index (χ1n) is 6.34. The molecule has 0 amide bonds. The zero-order valence-corrected chi connectivity index (χ0v) is 12.5. The van der Waals surface area contributed by atoms with Gasteiger partial charge in [-0.2, -0.15) is 5.10 Å². The summed E-state index contributed by atoms with van der Waals surface area (Å²) in [5, 5.41) is 4.12. The van der Waals surface area contributed by atoms with Crippen molar-refractivity contribution in [3.63, 3.8) is 0 Å². The number of nitrogens with two attached hydrogens (primary N) is 1. The fourth-order valence-electron chi connectivity index (χ4n) is 1.68. The number of ether oxygens (including phenoxy) is 1. The van der Waals surface area contributed by atoms with Crippen molar-refractivity contribution in [1.82, 2.24) is 9.78 Å². The average molecular weight is 338 g/mol. The molecule has 20 heavy (non-hydrogen) atoms. The van der Waals surface area contributed by atoms with E-state index in [0.717, 1.165) is 16.5 Å². The molecule has 0 unspecified atom stereocenters. The predicted octanol–water partition coefficient (Wildman–Crippen LogP) is 1.78. The smallest absolute Gasteiger partial charge is 0.270 e. The molecule has 1 aromatic heterocycles. The molecule has 2 N–H and O–H groups in total. The first-order chi connectivity index (χ1) is 9.70. The topological polar surface area (TPSA) is 70.1 Å². The predicted molar refractivity (Wildman–Crippen MR) is 80.9 cm³/mol. The van der Waals surface area contributed by atoms with Crippen molar-refractivity contribution in [3.05, 3.63) is 56.9 Å². The molecular formula is C14H16BrN3O2. The minimum Gasteiger partial charge on any atom is -0.492 e. The Bertz CT molecular complexity index is 628. The minimum atomic E-state index is -0.189. The lowest BCUT2D eigenvalue weighted by atomic mass is 10.2. The zero-order chi connectivity index (χ0) is 14.4. The molecule has 1 aromatic carbocycles. The van der Waals surface area contributed by atoms with Gasteiger partial charge in [-0.3, -0.25) is 4.79 Å². The molecule has 0 atom stereocenters. The van der Waals surface area contributed by atoms with E-state index in [9.17, 15) is 4.79 Å². The van der Waals surface area contributed by atoms with Gasteiger partial charge in [-0.25, -0.2) is 4.68 Å². The van der Waals surface area contributed by atoms with Crippen LogP contribution in [0.3, 0.4) is 0 Å². The van der Waals surface area contributed by atoms with Crippen molar-refractivity contribution in [3.8, 4) is 5.75 Å². The highest BCUT2D eigenvalue weighted by atomic mass is 79.9. The van der Waals surface area contributed by atoms with Gasteiger partial charge in [0.25, 0.3) is 5.56 Å². The quantitative estimate of drug-likeness (QED) is 0.815. The lowest BCUT2D eigenvalue weighted by Gasteiger charge is -2.08. The molecule has 0 spiro atoms. The summed E-state index contributed by atoms with van der Waals surface area (Å²) in [5.74, 6) is 0.479. The van der Waals surface area contributed by atoms with Crippen molar-refractivity contribution in [2.75, 3.05) is 13.2 Å². The normalized spacial score (nSPS) is 10.5. The molecule has 5 nitrogen and oxygen atoms in total. The molecule has 1 heterocycles. The summed E-state index contributed by atoms with van der Waals surface area (Å²) in [7, 11) is 0. The molecule has 2 aromatic rings. The van der Waals surface area contributed by atoms with Gasteiger partial charge in [0.05, 0.1) is 19.3 Å². The lowest BCUT2D eigenvalue weighted by Crippen LogP contribution is -2.23. The van der Waals surface area contributed by atoms with Crippen LogP contribution in [0.2, 0.25) is 0 Å². The number of nitrogens with zero attached hydrogens (tertiary/aromatic N) is 2. The number of hydrogen-bond donors (Lipinski definition) is 1. The summed E-state index contributed by atoms with van der Waals surface area (Å²) in [4.78, 5) is 12.0. The Morgan fingerprint density at radius 1 is 1.35 bits per heavy atom. The Morgan fingerprint density at radius 3 is 2.85 bits per heavy atom. The van der Waals surface area contributed by atoms with Crippen LogP contribution in [0, 0.1) is 0 Å². The van der Waals surface area contributed by atoms with Crippen LogP contribution in [-0.4, -0.2) is 22.9 Å². The van der Waals surface area contributed by atoms with Crippen LogP contribution in [0.1, 0.15) is 12.0 Å². The number of halogens is 1. The highest BCUT2D eigenvalue weighted by molar-refractivity contribution is 9.10. The first kappa shape index (κ1) is 14.7. The summed E-state index contributed by atoms with van der Waals surface area (Å²) < 4.78 is 7.75. The summed E-state index contributed by atoms with van der Waals surface area (Å²) >= 11 is 3.46. The fraction of sp³-hybridized carbons (Fsp3) is 0.286. The van der Waals surface area contributed by atoms with E-state index in [2.05, 4.69) is 21.0 Å². The summed E-state index contributed by atoms with van der Waals surface area (Å²) in [6.07, 6.45) is 2.30. The zero-order valence-electron chi connectivity index (χ0n) is 11.0. The largest absolute Gasteiger partial charge is 0.492 e. The van der Waals surface area contributed by atoms with Gasteiger partial charge in [0.15, 0.2) is 0 Å². The number of aromatic nitrogens is 2. The molecule has 0 aliphatic rings.